The van der Waals surface area contributed by atoms with Crippen molar-refractivity contribution in [2.45, 2.75) is 6.42 Å². The van der Waals surface area contributed by atoms with Gasteiger partial charge in [0.25, 0.3) is 0 Å². The highest BCUT2D eigenvalue weighted by molar-refractivity contribution is 7.80. The van der Waals surface area contributed by atoms with Gasteiger partial charge in [0.05, 0.1) is 10.6 Å². The topological polar surface area (TPSA) is 85.2 Å². The fourth-order valence-corrected chi connectivity index (χ4v) is 1.24. The molecule has 0 saturated carbocycles. The molecular formula is C10H14N4OS. The molecule has 5 nitrogen and oxygen atoms in total. The molecule has 0 aliphatic rings. The van der Waals surface area contributed by atoms with E-state index in [0.29, 0.717) is 23.5 Å². The molecule has 6 heteroatoms. The molecule has 0 aliphatic carbocycles. The summed E-state index contributed by atoms with van der Waals surface area (Å²) >= 11 is 4.79. The molecule has 0 aromatic carbocycles. The highest BCUT2D eigenvalue weighted by atomic mass is 32.1. The second-order valence-corrected chi connectivity index (χ2v) is 3.93. The van der Waals surface area contributed by atoms with Gasteiger partial charge in [-0.1, -0.05) is 12.2 Å². The zero-order chi connectivity index (χ0) is 12.1. The third-order valence-corrected chi connectivity index (χ3v) is 2.32. The Balaban J connectivity index is 2.66. The van der Waals surface area contributed by atoms with Crippen molar-refractivity contribution in [1.82, 2.24) is 4.98 Å². The predicted molar refractivity (Wildman–Crippen MR) is 67.4 cm³/mol. The molecule has 1 amide bonds. The fourth-order valence-electron chi connectivity index (χ4n) is 1.15. The number of hydrogen-bond acceptors (Lipinski definition) is 4. The Bertz CT molecular complexity index is 390. The summed E-state index contributed by atoms with van der Waals surface area (Å²) in [6, 6.07) is 3.38. The monoisotopic (exact) mass is 238 g/mol. The van der Waals surface area contributed by atoms with Gasteiger partial charge < -0.3 is 16.4 Å². The maximum atomic E-state index is 10.8. The van der Waals surface area contributed by atoms with E-state index in [1.807, 2.05) is 11.9 Å². The number of nitrogens with two attached hydrogens (primary N) is 2. The van der Waals surface area contributed by atoms with Crippen molar-refractivity contribution >= 4 is 28.9 Å². The lowest BCUT2D eigenvalue weighted by molar-refractivity contribution is 0.1000. The van der Waals surface area contributed by atoms with Gasteiger partial charge in [0, 0.05) is 26.2 Å². The van der Waals surface area contributed by atoms with Crippen molar-refractivity contribution in [2.75, 3.05) is 18.5 Å². The van der Waals surface area contributed by atoms with Crippen LogP contribution in [0.25, 0.3) is 0 Å². The summed E-state index contributed by atoms with van der Waals surface area (Å²) in [5, 5.41) is 0. The van der Waals surface area contributed by atoms with Gasteiger partial charge in [-0.25, -0.2) is 4.98 Å². The average Bonchev–Trinajstić information content (AvgIpc) is 2.26. The second-order valence-electron chi connectivity index (χ2n) is 3.41. The van der Waals surface area contributed by atoms with E-state index in [-0.39, 0.29) is 0 Å². The number of nitrogens with zero attached hydrogens (tertiary/aromatic N) is 2. The Morgan fingerprint density at radius 3 is 2.62 bits per heavy atom. The molecule has 16 heavy (non-hydrogen) atoms. The lowest BCUT2D eigenvalue weighted by Crippen LogP contribution is -2.24. The number of primary amides is 1. The van der Waals surface area contributed by atoms with Crippen LogP contribution in [-0.2, 0) is 0 Å². The van der Waals surface area contributed by atoms with E-state index in [1.165, 1.54) is 6.20 Å². The summed E-state index contributed by atoms with van der Waals surface area (Å²) in [4.78, 5) is 17.3. The molecule has 4 N–H and O–H groups in total. The van der Waals surface area contributed by atoms with Crippen LogP contribution in [0.15, 0.2) is 18.3 Å². The van der Waals surface area contributed by atoms with Crippen LogP contribution in [0.2, 0.25) is 0 Å². The Kier molecular flexibility index (Phi) is 4.19. The minimum absolute atomic E-state index is 0.395. The van der Waals surface area contributed by atoms with Crippen molar-refractivity contribution in [3.63, 3.8) is 0 Å². The molecule has 0 spiro atoms. The van der Waals surface area contributed by atoms with Gasteiger partial charge in [-0.15, -0.1) is 0 Å². The predicted octanol–water partition coefficient (Wildman–Crippen LogP) is 0.293. The van der Waals surface area contributed by atoms with Crippen molar-refractivity contribution in [3.05, 3.63) is 23.9 Å². The number of aromatic nitrogens is 1. The van der Waals surface area contributed by atoms with Crippen LogP contribution in [-0.4, -0.2) is 29.5 Å². The Hall–Kier alpha value is -1.69. The van der Waals surface area contributed by atoms with Crippen molar-refractivity contribution < 1.29 is 4.79 Å². The number of anilines is 1. The summed E-state index contributed by atoms with van der Waals surface area (Å²) in [7, 11) is 1.88. The molecule has 0 saturated heterocycles. The minimum atomic E-state index is -0.482. The number of amides is 1. The zero-order valence-corrected chi connectivity index (χ0v) is 9.83. The summed E-state index contributed by atoms with van der Waals surface area (Å²) < 4.78 is 0. The Morgan fingerprint density at radius 1 is 1.50 bits per heavy atom. The summed E-state index contributed by atoms with van der Waals surface area (Å²) in [5.41, 5.74) is 10.9. The van der Waals surface area contributed by atoms with E-state index in [4.69, 9.17) is 23.7 Å². The van der Waals surface area contributed by atoms with Gasteiger partial charge in [-0.3, -0.25) is 4.79 Å². The third kappa shape index (κ3) is 3.47. The number of carbonyl (C=O) groups is 1. The fraction of sp³-hybridized carbons (Fsp3) is 0.300. The van der Waals surface area contributed by atoms with Crippen LogP contribution >= 0.6 is 12.2 Å². The molecule has 1 heterocycles. The van der Waals surface area contributed by atoms with Crippen molar-refractivity contribution in [2.24, 2.45) is 11.5 Å². The standard InChI is InChI=1S/C10H14N4OS/c1-14(5-4-8(11)16)9-3-2-7(6-13-9)10(12)15/h2-3,6H,4-5H2,1H3,(H2,11,16)(H2,12,15). The highest BCUT2D eigenvalue weighted by Crippen LogP contribution is 2.09. The Labute approximate surface area is 99.4 Å². The first-order valence-electron chi connectivity index (χ1n) is 4.76. The number of rotatable bonds is 5. The SMILES string of the molecule is CN(CCC(N)=S)c1ccc(C(N)=O)cn1. The normalized spacial score (nSPS) is 9.81. The largest absolute Gasteiger partial charge is 0.393 e. The third-order valence-electron chi connectivity index (χ3n) is 2.12. The molecule has 1 aromatic heterocycles. The molecule has 86 valence electrons. The number of carbonyl (C=O) groups excluding carboxylic acids is 1. The van der Waals surface area contributed by atoms with E-state index < -0.39 is 5.91 Å². The van der Waals surface area contributed by atoms with Crippen LogP contribution < -0.4 is 16.4 Å². The van der Waals surface area contributed by atoms with Crippen LogP contribution in [0.3, 0.4) is 0 Å². The van der Waals surface area contributed by atoms with Crippen LogP contribution in [0.5, 0.6) is 0 Å². The first kappa shape index (κ1) is 12.4. The molecule has 0 radical (unpaired) electrons. The van der Waals surface area contributed by atoms with E-state index in [9.17, 15) is 4.79 Å². The summed E-state index contributed by atoms with van der Waals surface area (Å²) in [6.45, 7) is 0.693. The van der Waals surface area contributed by atoms with Gasteiger partial charge in [0.15, 0.2) is 0 Å². The number of pyridine rings is 1. The van der Waals surface area contributed by atoms with Gasteiger partial charge in [0.2, 0.25) is 5.91 Å². The summed E-state index contributed by atoms with van der Waals surface area (Å²) in [5.74, 6) is 0.270. The first-order chi connectivity index (χ1) is 7.50. The average molecular weight is 238 g/mol. The summed E-state index contributed by atoms with van der Waals surface area (Å²) in [6.07, 6.45) is 2.08. The lowest BCUT2D eigenvalue weighted by Gasteiger charge is -2.17. The molecule has 0 unspecified atom stereocenters. The molecule has 0 atom stereocenters. The van der Waals surface area contributed by atoms with E-state index in [1.54, 1.807) is 12.1 Å². The second kappa shape index (κ2) is 5.41. The quantitative estimate of drug-likeness (QED) is 0.720. The highest BCUT2D eigenvalue weighted by Gasteiger charge is 2.05. The molecular weight excluding hydrogens is 224 g/mol. The Morgan fingerprint density at radius 2 is 2.19 bits per heavy atom. The zero-order valence-electron chi connectivity index (χ0n) is 9.01. The maximum Gasteiger partial charge on any atom is 0.250 e. The van der Waals surface area contributed by atoms with Crippen LogP contribution in [0.4, 0.5) is 5.82 Å². The lowest BCUT2D eigenvalue weighted by atomic mass is 10.2. The molecule has 0 aliphatic heterocycles. The van der Waals surface area contributed by atoms with E-state index >= 15 is 0 Å². The van der Waals surface area contributed by atoms with Gasteiger partial charge in [-0.05, 0) is 12.1 Å². The van der Waals surface area contributed by atoms with Gasteiger partial charge >= 0.3 is 0 Å². The molecule has 1 rings (SSSR count). The maximum absolute atomic E-state index is 10.8. The molecule has 0 fully saturated rings. The molecule has 0 bridgehead atoms. The van der Waals surface area contributed by atoms with Crippen LogP contribution in [0.1, 0.15) is 16.8 Å². The van der Waals surface area contributed by atoms with E-state index in [0.717, 1.165) is 5.82 Å². The smallest absolute Gasteiger partial charge is 0.250 e. The number of thiocarbonyl (C=S) groups is 1. The van der Waals surface area contributed by atoms with Gasteiger partial charge in [0.1, 0.15) is 5.82 Å². The molecule has 1 aromatic rings. The first-order valence-corrected chi connectivity index (χ1v) is 5.17. The minimum Gasteiger partial charge on any atom is -0.393 e. The van der Waals surface area contributed by atoms with E-state index in [2.05, 4.69) is 4.98 Å². The number of hydrogen-bond donors (Lipinski definition) is 2. The van der Waals surface area contributed by atoms with Crippen molar-refractivity contribution in [3.8, 4) is 0 Å². The van der Waals surface area contributed by atoms with Crippen molar-refractivity contribution in [1.29, 1.82) is 0 Å². The van der Waals surface area contributed by atoms with Gasteiger partial charge in [-0.2, -0.15) is 0 Å². The van der Waals surface area contributed by atoms with Crippen LogP contribution in [0, 0.1) is 0 Å².